The highest BCUT2D eigenvalue weighted by Gasteiger charge is 2.43. The van der Waals surface area contributed by atoms with Crippen LogP contribution in [0.15, 0.2) is 24.3 Å². The zero-order chi connectivity index (χ0) is 17.8. The second-order valence-corrected chi connectivity index (χ2v) is 5.53. The molecule has 24 heavy (non-hydrogen) atoms. The Hall–Kier alpha value is -2.09. The fraction of sp³-hybridized carbons (Fsp3) is 0.500. The molecule has 1 amide bonds. The number of hydrogen-bond acceptors (Lipinski definition) is 4. The van der Waals surface area contributed by atoms with Gasteiger partial charge in [0, 0.05) is 13.2 Å². The average molecular weight is 345 g/mol. The Balaban J connectivity index is 2.34. The lowest BCUT2D eigenvalue weighted by Crippen LogP contribution is -2.49. The van der Waals surface area contributed by atoms with E-state index >= 15 is 0 Å². The highest BCUT2D eigenvalue weighted by molar-refractivity contribution is 5.90. The minimum Gasteiger partial charge on any atom is -0.468 e. The monoisotopic (exact) mass is 345 g/mol. The molecule has 0 unspecified atom stereocenters. The molecule has 1 saturated heterocycles. The molecule has 1 fully saturated rings. The predicted molar refractivity (Wildman–Crippen MR) is 78.2 cm³/mol. The summed E-state index contributed by atoms with van der Waals surface area (Å²) in [5.41, 5.74) is -1.71. The van der Waals surface area contributed by atoms with Crippen molar-refractivity contribution in [3.05, 3.63) is 35.4 Å². The number of halogens is 3. The van der Waals surface area contributed by atoms with E-state index < -0.39 is 29.0 Å². The Morgan fingerprint density at radius 2 is 1.96 bits per heavy atom. The Morgan fingerprint density at radius 3 is 2.54 bits per heavy atom. The van der Waals surface area contributed by atoms with Gasteiger partial charge in [-0.15, -0.1) is 0 Å². The summed E-state index contributed by atoms with van der Waals surface area (Å²) in [4.78, 5) is 23.9. The van der Waals surface area contributed by atoms with Crippen LogP contribution in [0.2, 0.25) is 0 Å². The van der Waals surface area contributed by atoms with Gasteiger partial charge in [-0.3, -0.25) is 9.59 Å². The van der Waals surface area contributed by atoms with Gasteiger partial charge in [0.15, 0.2) is 0 Å². The molecule has 1 aliphatic rings. The van der Waals surface area contributed by atoms with E-state index in [0.29, 0.717) is 0 Å². The minimum absolute atomic E-state index is 0.237. The van der Waals surface area contributed by atoms with Gasteiger partial charge in [-0.1, -0.05) is 18.2 Å². The van der Waals surface area contributed by atoms with Crippen molar-refractivity contribution in [2.45, 2.75) is 24.4 Å². The van der Waals surface area contributed by atoms with Crippen LogP contribution in [-0.2, 0) is 30.7 Å². The maximum absolute atomic E-state index is 13.0. The van der Waals surface area contributed by atoms with Crippen LogP contribution in [0, 0.1) is 0 Å². The van der Waals surface area contributed by atoms with E-state index in [9.17, 15) is 22.8 Å². The van der Waals surface area contributed by atoms with Crippen LogP contribution in [0.25, 0.3) is 0 Å². The number of carbonyl (C=O) groups is 2. The fourth-order valence-electron chi connectivity index (χ4n) is 2.75. The van der Waals surface area contributed by atoms with Crippen LogP contribution in [-0.4, -0.2) is 38.7 Å². The van der Waals surface area contributed by atoms with Crippen molar-refractivity contribution in [1.82, 2.24) is 5.32 Å². The lowest BCUT2D eigenvalue weighted by Gasteiger charge is -2.36. The van der Waals surface area contributed by atoms with E-state index in [0.717, 1.165) is 12.1 Å². The zero-order valence-corrected chi connectivity index (χ0v) is 13.1. The molecule has 2 rings (SSSR count). The number of esters is 1. The van der Waals surface area contributed by atoms with Crippen LogP contribution in [0.1, 0.15) is 24.0 Å². The van der Waals surface area contributed by atoms with E-state index in [2.05, 4.69) is 10.1 Å². The molecule has 0 aliphatic carbocycles. The third-order valence-electron chi connectivity index (χ3n) is 4.14. The van der Waals surface area contributed by atoms with Gasteiger partial charge in [-0.25, -0.2) is 0 Å². The summed E-state index contributed by atoms with van der Waals surface area (Å²) < 4.78 is 48.6. The highest BCUT2D eigenvalue weighted by Crippen LogP contribution is 2.38. The molecule has 0 atom stereocenters. The molecular formula is C16H18F3NO4. The zero-order valence-electron chi connectivity index (χ0n) is 13.1. The second-order valence-electron chi connectivity index (χ2n) is 5.53. The summed E-state index contributed by atoms with van der Waals surface area (Å²) >= 11 is 0. The van der Waals surface area contributed by atoms with E-state index in [4.69, 9.17) is 4.74 Å². The third kappa shape index (κ3) is 3.87. The quantitative estimate of drug-likeness (QED) is 0.849. The van der Waals surface area contributed by atoms with Gasteiger partial charge < -0.3 is 14.8 Å². The van der Waals surface area contributed by atoms with Crippen molar-refractivity contribution in [3.63, 3.8) is 0 Å². The molecule has 0 aromatic heterocycles. The molecule has 0 radical (unpaired) electrons. The van der Waals surface area contributed by atoms with Crippen molar-refractivity contribution in [1.29, 1.82) is 0 Å². The van der Waals surface area contributed by atoms with Gasteiger partial charge in [-0.2, -0.15) is 13.2 Å². The van der Waals surface area contributed by atoms with Gasteiger partial charge in [0.2, 0.25) is 5.91 Å². The van der Waals surface area contributed by atoms with Gasteiger partial charge >= 0.3 is 12.1 Å². The first kappa shape index (κ1) is 18.3. The van der Waals surface area contributed by atoms with Gasteiger partial charge in [0.1, 0.15) is 6.54 Å². The van der Waals surface area contributed by atoms with Crippen molar-refractivity contribution in [2.24, 2.45) is 0 Å². The molecule has 1 aromatic carbocycles. The lowest BCUT2D eigenvalue weighted by atomic mass is 9.73. The molecule has 132 valence electrons. The number of ether oxygens (including phenoxy) is 2. The molecule has 1 N–H and O–H groups in total. The molecule has 0 spiro atoms. The number of amides is 1. The number of carbonyl (C=O) groups excluding carboxylic acids is 2. The Labute approximate surface area is 137 Å². The Morgan fingerprint density at radius 1 is 1.29 bits per heavy atom. The number of benzene rings is 1. The van der Waals surface area contributed by atoms with Crippen LogP contribution in [0.4, 0.5) is 13.2 Å². The molecule has 0 bridgehead atoms. The van der Waals surface area contributed by atoms with Crippen LogP contribution in [0.3, 0.4) is 0 Å². The summed E-state index contributed by atoms with van der Waals surface area (Å²) in [6.45, 7) is 0.167. The predicted octanol–water partition coefficient (Wildman–Crippen LogP) is 2.04. The maximum atomic E-state index is 13.0. The number of methoxy groups -OCH3 is 1. The largest absolute Gasteiger partial charge is 0.468 e. The first-order valence-corrected chi connectivity index (χ1v) is 7.40. The first-order valence-electron chi connectivity index (χ1n) is 7.40. The van der Waals surface area contributed by atoms with Crippen LogP contribution in [0.5, 0.6) is 0 Å². The number of alkyl halides is 3. The first-order chi connectivity index (χ1) is 11.3. The molecule has 5 nitrogen and oxygen atoms in total. The van der Waals surface area contributed by atoms with Crippen molar-refractivity contribution in [3.8, 4) is 0 Å². The SMILES string of the molecule is COC(=O)CNC(=O)C1(c2cccc(C(F)(F)F)c2)CCOCC1. The summed E-state index contributed by atoms with van der Waals surface area (Å²) in [5.74, 6) is -1.13. The van der Waals surface area contributed by atoms with E-state index in [1.807, 2.05) is 0 Å². The van der Waals surface area contributed by atoms with Crippen LogP contribution < -0.4 is 5.32 Å². The van der Waals surface area contributed by atoms with E-state index in [-0.39, 0.29) is 38.2 Å². The Bertz CT molecular complexity index is 610. The summed E-state index contributed by atoms with van der Waals surface area (Å²) in [6, 6.07) is 4.73. The van der Waals surface area contributed by atoms with Gasteiger partial charge in [0.05, 0.1) is 18.1 Å². The maximum Gasteiger partial charge on any atom is 0.416 e. The molecular weight excluding hydrogens is 327 g/mol. The molecule has 1 aromatic rings. The number of nitrogens with one attached hydrogen (secondary N) is 1. The summed E-state index contributed by atoms with van der Waals surface area (Å²) in [6.07, 6.45) is -4.02. The highest BCUT2D eigenvalue weighted by atomic mass is 19.4. The van der Waals surface area contributed by atoms with Crippen molar-refractivity contribution < 1.29 is 32.2 Å². The molecule has 1 aliphatic heterocycles. The van der Waals surface area contributed by atoms with Gasteiger partial charge in [-0.05, 0) is 24.5 Å². The number of rotatable bonds is 4. The van der Waals surface area contributed by atoms with Gasteiger partial charge in [0.25, 0.3) is 0 Å². The molecule has 0 saturated carbocycles. The number of hydrogen-bond donors (Lipinski definition) is 1. The smallest absolute Gasteiger partial charge is 0.416 e. The summed E-state index contributed by atoms with van der Waals surface area (Å²) in [5, 5.41) is 2.45. The Kier molecular flexibility index (Phi) is 5.48. The minimum atomic E-state index is -4.50. The third-order valence-corrected chi connectivity index (χ3v) is 4.14. The second kappa shape index (κ2) is 7.21. The normalized spacial score (nSPS) is 17.2. The molecule has 1 heterocycles. The van der Waals surface area contributed by atoms with E-state index in [1.54, 1.807) is 0 Å². The molecule has 8 heteroatoms. The lowest BCUT2D eigenvalue weighted by molar-refractivity contribution is -0.142. The van der Waals surface area contributed by atoms with Crippen molar-refractivity contribution in [2.75, 3.05) is 26.9 Å². The standard InChI is InChI=1S/C16H18F3NO4/c1-23-13(21)10-20-14(22)15(5-7-24-8-6-15)11-3-2-4-12(9-11)16(17,18)19/h2-4,9H,5-8,10H2,1H3,(H,20,22). The topological polar surface area (TPSA) is 64.6 Å². The fourth-order valence-corrected chi connectivity index (χ4v) is 2.75. The van der Waals surface area contributed by atoms with Crippen molar-refractivity contribution >= 4 is 11.9 Å². The van der Waals surface area contributed by atoms with Crippen LogP contribution >= 0.6 is 0 Å². The average Bonchev–Trinajstić information content (AvgIpc) is 2.59. The van der Waals surface area contributed by atoms with E-state index in [1.165, 1.54) is 19.2 Å². The summed E-state index contributed by atoms with van der Waals surface area (Å²) in [7, 11) is 1.19.